The quantitative estimate of drug-likeness (QED) is 0.104. The molecule has 0 radical (unpaired) electrons. The number of ether oxygens (including phenoxy) is 1. The van der Waals surface area contributed by atoms with Crippen LogP contribution in [-0.2, 0) is 9.53 Å². The Morgan fingerprint density at radius 2 is 1.08 bits per heavy atom. The minimum Gasteiger partial charge on any atom is -0.462 e. The predicted molar refractivity (Wildman–Crippen MR) is 110 cm³/mol. The number of carbonyl (C=O) groups is 1. The summed E-state index contributed by atoms with van der Waals surface area (Å²) in [6, 6.07) is 0. The second-order valence-electron chi connectivity index (χ2n) is 7.17. The molecule has 25 heavy (non-hydrogen) atoms. The minimum absolute atomic E-state index is 0.337. The molecule has 0 aliphatic carbocycles. The topological polar surface area (TPSA) is 26.3 Å². The lowest BCUT2D eigenvalue weighted by molar-refractivity contribution is -0.138. The summed E-state index contributed by atoms with van der Waals surface area (Å²) in [6.45, 7) is 9.87. The van der Waals surface area contributed by atoms with Crippen molar-refractivity contribution in [1.82, 2.24) is 0 Å². The SMILES string of the molecule is C=CC(=C)C(=O)OCCCCCCCCCCCCCCCCCC. The monoisotopic (exact) mass is 350 g/mol. The summed E-state index contributed by atoms with van der Waals surface area (Å²) in [6.07, 6.45) is 23.0. The predicted octanol–water partition coefficient (Wildman–Crippen LogP) is 7.53. The van der Waals surface area contributed by atoms with Gasteiger partial charge in [-0.1, -0.05) is 122 Å². The first-order valence-corrected chi connectivity index (χ1v) is 10.7. The molecule has 0 N–H and O–H groups in total. The highest BCUT2D eigenvalue weighted by atomic mass is 16.5. The maximum Gasteiger partial charge on any atom is 0.337 e. The van der Waals surface area contributed by atoms with Gasteiger partial charge in [0, 0.05) is 0 Å². The van der Waals surface area contributed by atoms with Gasteiger partial charge in [-0.25, -0.2) is 4.79 Å². The van der Waals surface area contributed by atoms with Gasteiger partial charge in [0.25, 0.3) is 0 Å². The maximum absolute atomic E-state index is 11.3. The van der Waals surface area contributed by atoms with E-state index in [1.807, 2.05) is 0 Å². The van der Waals surface area contributed by atoms with Gasteiger partial charge in [-0.15, -0.1) is 0 Å². The maximum atomic E-state index is 11.3. The van der Waals surface area contributed by atoms with Crippen molar-refractivity contribution in [1.29, 1.82) is 0 Å². The molecule has 0 aliphatic heterocycles. The Morgan fingerprint density at radius 1 is 0.720 bits per heavy atom. The van der Waals surface area contributed by atoms with Crippen LogP contribution in [0.2, 0.25) is 0 Å². The van der Waals surface area contributed by atoms with Gasteiger partial charge in [-0.05, 0) is 6.42 Å². The van der Waals surface area contributed by atoms with Crippen molar-refractivity contribution in [3.63, 3.8) is 0 Å². The third kappa shape index (κ3) is 17.6. The van der Waals surface area contributed by atoms with Crippen LogP contribution >= 0.6 is 0 Å². The molecule has 0 aromatic rings. The molecular formula is C23H42O2. The molecule has 0 bridgehead atoms. The van der Waals surface area contributed by atoms with E-state index in [0.717, 1.165) is 12.8 Å². The summed E-state index contributed by atoms with van der Waals surface area (Å²) >= 11 is 0. The molecule has 0 aromatic carbocycles. The molecule has 0 aromatic heterocycles. The zero-order chi connectivity index (χ0) is 18.6. The van der Waals surface area contributed by atoms with E-state index in [4.69, 9.17) is 4.74 Å². The van der Waals surface area contributed by atoms with Gasteiger partial charge in [-0.3, -0.25) is 0 Å². The average molecular weight is 351 g/mol. The molecule has 0 amide bonds. The van der Waals surface area contributed by atoms with Crippen LogP contribution < -0.4 is 0 Å². The summed E-state index contributed by atoms with van der Waals surface area (Å²) in [5, 5.41) is 0. The smallest absolute Gasteiger partial charge is 0.337 e. The minimum atomic E-state index is -0.337. The Labute approximate surface area is 157 Å². The fraction of sp³-hybridized carbons (Fsp3) is 0.783. The Balaban J connectivity index is 3.11. The van der Waals surface area contributed by atoms with Gasteiger partial charge in [0.1, 0.15) is 0 Å². The molecule has 146 valence electrons. The van der Waals surface area contributed by atoms with Crippen molar-refractivity contribution in [3.8, 4) is 0 Å². The standard InChI is InChI=1S/C23H42O2/c1-4-6-7-8-9-10-11-12-13-14-15-16-17-18-19-20-21-25-23(24)22(3)5-2/h5H,2-4,6-21H2,1H3. The molecular weight excluding hydrogens is 308 g/mol. The number of rotatable bonds is 19. The number of unbranched alkanes of at least 4 members (excludes halogenated alkanes) is 15. The van der Waals surface area contributed by atoms with Crippen molar-refractivity contribution in [2.45, 2.75) is 110 Å². The third-order valence-electron chi connectivity index (χ3n) is 4.74. The van der Waals surface area contributed by atoms with Crippen molar-refractivity contribution in [3.05, 3.63) is 24.8 Å². The zero-order valence-corrected chi connectivity index (χ0v) is 16.8. The number of carbonyl (C=O) groups excluding carboxylic acids is 1. The molecule has 0 spiro atoms. The van der Waals surface area contributed by atoms with Crippen LogP contribution in [0.25, 0.3) is 0 Å². The molecule has 2 nitrogen and oxygen atoms in total. The van der Waals surface area contributed by atoms with Crippen LogP contribution in [0.3, 0.4) is 0 Å². The average Bonchev–Trinajstić information content (AvgIpc) is 2.63. The molecule has 0 atom stereocenters. The van der Waals surface area contributed by atoms with Crippen molar-refractivity contribution in [2.24, 2.45) is 0 Å². The first kappa shape index (κ1) is 23.9. The van der Waals surface area contributed by atoms with E-state index in [1.54, 1.807) is 0 Å². The molecule has 0 heterocycles. The third-order valence-corrected chi connectivity index (χ3v) is 4.74. The fourth-order valence-corrected chi connectivity index (χ4v) is 2.99. The molecule has 0 saturated heterocycles. The van der Waals surface area contributed by atoms with Crippen molar-refractivity contribution >= 4 is 5.97 Å². The summed E-state index contributed by atoms with van der Waals surface area (Å²) in [4.78, 5) is 11.3. The molecule has 0 unspecified atom stereocenters. The second kappa shape index (κ2) is 19.3. The van der Waals surface area contributed by atoms with E-state index >= 15 is 0 Å². The first-order valence-electron chi connectivity index (χ1n) is 10.7. The van der Waals surface area contributed by atoms with Gasteiger partial charge >= 0.3 is 5.97 Å². The van der Waals surface area contributed by atoms with Crippen LogP contribution in [0, 0.1) is 0 Å². The Hall–Kier alpha value is -1.05. The van der Waals surface area contributed by atoms with E-state index in [9.17, 15) is 4.79 Å². The van der Waals surface area contributed by atoms with E-state index < -0.39 is 0 Å². The van der Waals surface area contributed by atoms with Gasteiger partial charge in [0.15, 0.2) is 0 Å². The lowest BCUT2D eigenvalue weighted by Gasteiger charge is -2.05. The molecule has 0 aliphatic rings. The first-order chi connectivity index (χ1) is 12.2. The molecule has 2 heteroatoms. The van der Waals surface area contributed by atoms with Crippen LogP contribution in [0.5, 0.6) is 0 Å². The normalized spacial score (nSPS) is 10.6. The highest BCUT2D eigenvalue weighted by Crippen LogP contribution is 2.13. The van der Waals surface area contributed by atoms with Gasteiger partial charge < -0.3 is 4.74 Å². The summed E-state index contributed by atoms with van der Waals surface area (Å²) < 4.78 is 5.10. The molecule has 0 fully saturated rings. The van der Waals surface area contributed by atoms with Crippen LogP contribution in [0.15, 0.2) is 24.8 Å². The molecule has 0 saturated carbocycles. The second-order valence-corrected chi connectivity index (χ2v) is 7.17. The fourth-order valence-electron chi connectivity index (χ4n) is 2.99. The van der Waals surface area contributed by atoms with Crippen molar-refractivity contribution in [2.75, 3.05) is 6.61 Å². The Morgan fingerprint density at radius 3 is 1.44 bits per heavy atom. The summed E-state index contributed by atoms with van der Waals surface area (Å²) in [5.74, 6) is -0.337. The van der Waals surface area contributed by atoms with Crippen LogP contribution in [-0.4, -0.2) is 12.6 Å². The van der Waals surface area contributed by atoms with E-state index in [-0.39, 0.29) is 5.97 Å². The number of hydrogen-bond donors (Lipinski definition) is 0. The Bertz CT molecular complexity index is 333. The summed E-state index contributed by atoms with van der Waals surface area (Å²) in [7, 11) is 0. The highest BCUT2D eigenvalue weighted by Gasteiger charge is 2.03. The largest absolute Gasteiger partial charge is 0.462 e. The lowest BCUT2D eigenvalue weighted by Crippen LogP contribution is -2.06. The number of esters is 1. The Kier molecular flexibility index (Phi) is 18.5. The van der Waals surface area contributed by atoms with Crippen LogP contribution in [0.1, 0.15) is 110 Å². The van der Waals surface area contributed by atoms with Gasteiger partial charge in [0.2, 0.25) is 0 Å². The van der Waals surface area contributed by atoms with E-state index in [2.05, 4.69) is 20.1 Å². The van der Waals surface area contributed by atoms with Gasteiger partial charge in [-0.2, -0.15) is 0 Å². The number of hydrogen-bond acceptors (Lipinski definition) is 2. The van der Waals surface area contributed by atoms with Gasteiger partial charge in [0.05, 0.1) is 12.2 Å². The van der Waals surface area contributed by atoms with Crippen LogP contribution in [0.4, 0.5) is 0 Å². The van der Waals surface area contributed by atoms with Crippen molar-refractivity contribution < 1.29 is 9.53 Å². The lowest BCUT2D eigenvalue weighted by atomic mass is 10.0. The zero-order valence-electron chi connectivity index (χ0n) is 16.8. The van der Waals surface area contributed by atoms with E-state index in [0.29, 0.717) is 12.2 Å². The summed E-state index contributed by atoms with van der Waals surface area (Å²) in [5.41, 5.74) is 0.344. The highest BCUT2D eigenvalue weighted by molar-refractivity contribution is 5.90. The molecule has 0 rings (SSSR count). The van der Waals surface area contributed by atoms with E-state index in [1.165, 1.54) is 96.0 Å².